The highest BCUT2D eigenvalue weighted by molar-refractivity contribution is 6.06. The fourth-order valence-corrected chi connectivity index (χ4v) is 1.47. The Hall–Kier alpha value is -2.63. The number of hydrogen-bond donors (Lipinski definition) is 3. The van der Waals surface area contributed by atoms with Crippen LogP contribution in [0.15, 0.2) is 36.4 Å². The number of nitrogens with one attached hydrogen (secondary N) is 1. The van der Waals surface area contributed by atoms with Gasteiger partial charge in [-0.3, -0.25) is 4.79 Å². The van der Waals surface area contributed by atoms with E-state index in [0.29, 0.717) is 0 Å². The van der Waals surface area contributed by atoms with E-state index in [0.717, 1.165) is 30.3 Å². The van der Waals surface area contributed by atoms with Crippen LogP contribution in [0.25, 0.3) is 0 Å². The van der Waals surface area contributed by atoms with Crippen molar-refractivity contribution in [3.05, 3.63) is 53.6 Å². The van der Waals surface area contributed by atoms with Crippen LogP contribution in [0.5, 0.6) is 11.5 Å². The Kier molecular flexibility index (Phi) is 3.33. The van der Waals surface area contributed by atoms with Crippen LogP contribution in [0, 0.1) is 11.6 Å². The number of aromatic hydroxyl groups is 2. The third kappa shape index (κ3) is 2.79. The van der Waals surface area contributed by atoms with Gasteiger partial charge in [-0.2, -0.15) is 0 Å². The second-order valence-electron chi connectivity index (χ2n) is 3.78. The standard InChI is InChI=1S/C13H9F2NO3/c14-7-1-3-11(17)9(5-7)13(19)16-8-2-4-12(18)10(15)6-8/h1-6,17-18H,(H,16,19). The van der Waals surface area contributed by atoms with E-state index in [4.69, 9.17) is 5.11 Å². The van der Waals surface area contributed by atoms with Crippen LogP contribution in [-0.4, -0.2) is 16.1 Å². The molecule has 0 radical (unpaired) electrons. The summed E-state index contributed by atoms with van der Waals surface area (Å²) < 4.78 is 26.0. The average Bonchev–Trinajstić information content (AvgIpc) is 2.36. The summed E-state index contributed by atoms with van der Waals surface area (Å²) >= 11 is 0. The minimum atomic E-state index is -0.902. The second-order valence-corrected chi connectivity index (χ2v) is 3.78. The average molecular weight is 265 g/mol. The van der Waals surface area contributed by atoms with Gasteiger partial charge in [0.2, 0.25) is 0 Å². The smallest absolute Gasteiger partial charge is 0.259 e. The highest BCUT2D eigenvalue weighted by Gasteiger charge is 2.13. The molecule has 0 saturated carbocycles. The van der Waals surface area contributed by atoms with Crippen molar-refractivity contribution in [2.75, 3.05) is 5.32 Å². The molecule has 0 saturated heterocycles. The van der Waals surface area contributed by atoms with E-state index in [1.165, 1.54) is 6.07 Å². The fourth-order valence-electron chi connectivity index (χ4n) is 1.47. The van der Waals surface area contributed by atoms with E-state index in [9.17, 15) is 18.7 Å². The van der Waals surface area contributed by atoms with E-state index in [2.05, 4.69) is 5.32 Å². The Labute approximate surface area is 106 Å². The molecule has 2 aromatic carbocycles. The molecule has 0 heterocycles. The third-order valence-electron chi connectivity index (χ3n) is 2.41. The Morgan fingerprint density at radius 2 is 1.68 bits per heavy atom. The van der Waals surface area contributed by atoms with Gasteiger partial charge in [-0.15, -0.1) is 0 Å². The topological polar surface area (TPSA) is 69.6 Å². The first kappa shape index (κ1) is 12.8. The van der Waals surface area contributed by atoms with Crippen LogP contribution < -0.4 is 5.32 Å². The van der Waals surface area contributed by atoms with Crippen LogP contribution >= 0.6 is 0 Å². The van der Waals surface area contributed by atoms with Gasteiger partial charge in [0.1, 0.15) is 11.6 Å². The van der Waals surface area contributed by atoms with Crippen LogP contribution in [0.3, 0.4) is 0 Å². The second kappa shape index (κ2) is 4.93. The van der Waals surface area contributed by atoms with Crippen molar-refractivity contribution in [3.8, 4) is 11.5 Å². The molecule has 0 fully saturated rings. The Balaban J connectivity index is 2.25. The molecule has 3 N–H and O–H groups in total. The summed E-state index contributed by atoms with van der Waals surface area (Å²) in [5.41, 5.74) is -0.197. The Bertz CT molecular complexity index is 644. The van der Waals surface area contributed by atoms with Gasteiger partial charge in [-0.05, 0) is 30.3 Å². The molecule has 0 aliphatic carbocycles. The summed E-state index contributed by atoms with van der Waals surface area (Å²) in [6, 6.07) is 6.15. The maximum absolute atomic E-state index is 13.1. The van der Waals surface area contributed by atoms with E-state index in [-0.39, 0.29) is 11.3 Å². The lowest BCUT2D eigenvalue weighted by molar-refractivity contribution is 0.102. The molecule has 0 aliphatic heterocycles. The number of amides is 1. The zero-order valence-corrected chi connectivity index (χ0v) is 9.52. The number of hydrogen-bond acceptors (Lipinski definition) is 3. The van der Waals surface area contributed by atoms with Crippen molar-refractivity contribution in [1.29, 1.82) is 0 Å². The van der Waals surface area contributed by atoms with Crippen molar-refractivity contribution >= 4 is 11.6 Å². The summed E-state index contributed by atoms with van der Waals surface area (Å²) in [5.74, 6) is -3.31. The molecule has 19 heavy (non-hydrogen) atoms. The quantitative estimate of drug-likeness (QED) is 0.731. The van der Waals surface area contributed by atoms with Gasteiger partial charge in [0.25, 0.3) is 5.91 Å². The normalized spacial score (nSPS) is 10.2. The molecule has 2 aromatic rings. The molecular formula is C13H9F2NO3. The lowest BCUT2D eigenvalue weighted by Crippen LogP contribution is -2.12. The van der Waals surface area contributed by atoms with Crippen molar-refractivity contribution in [2.45, 2.75) is 0 Å². The van der Waals surface area contributed by atoms with E-state index < -0.39 is 29.0 Å². The first-order valence-electron chi connectivity index (χ1n) is 5.26. The predicted octanol–water partition coefficient (Wildman–Crippen LogP) is 2.63. The maximum Gasteiger partial charge on any atom is 0.259 e. The summed E-state index contributed by atoms with van der Waals surface area (Å²) in [7, 11) is 0. The summed E-state index contributed by atoms with van der Waals surface area (Å²) in [6.07, 6.45) is 0. The zero-order valence-electron chi connectivity index (χ0n) is 9.52. The molecule has 98 valence electrons. The van der Waals surface area contributed by atoms with Gasteiger partial charge in [-0.1, -0.05) is 0 Å². The van der Waals surface area contributed by atoms with Crippen LogP contribution in [0.4, 0.5) is 14.5 Å². The first-order valence-corrected chi connectivity index (χ1v) is 5.26. The van der Waals surface area contributed by atoms with Crippen LogP contribution in [-0.2, 0) is 0 Å². The number of phenolic OH excluding ortho intramolecular Hbond substituents is 2. The number of carbonyl (C=O) groups excluding carboxylic acids is 1. The molecule has 0 aromatic heterocycles. The van der Waals surface area contributed by atoms with Crippen molar-refractivity contribution in [1.82, 2.24) is 0 Å². The minimum absolute atomic E-state index is 0.0731. The van der Waals surface area contributed by atoms with Crippen molar-refractivity contribution in [2.24, 2.45) is 0 Å². The molecule has 0 spiro atoms. The number of anilines is 1. The highest BCUT2D eigenvalue weighted by atomic mass is 19.1. The monoisotopic (exact) mass is 265 g/mol. The SMILES string of the molecule is O=C(Nc1ccc(O)c(F)c1)c1cc(F)ccc1O. The molecule has 1 amide bonds. The number of rotatable bonds is 2. The number of benzene rings is 2. The summed E-state index contributed by atoms with van der Waals surface area (Å²) in [5, 5.41) is 20.7. The van der Waals surface area contributed by atoms with Crippen LogP contribution in [0.1, 0.15) is 10.4 Å². The molecule has 2 rings (SSSR count). The number of carbonyl (C=O) groups is 1. The first-order chi connectivity index (χ1) is 8.97. The van der Waals surface area contributed by atoms with E-state index in [1.54, 1.807) is 0 Å². The molecule has 0 atom stereocenters. The van der Waals surface area contributed by atoms with Gasteiger partial charge < -0.3 is 15.5 Å². The molecule has 0 unspecified atom stereocenters. The van der Waals surface area contributed by atoms with Crippen molar-refractivity contribution in [3.63, 3.8) is 0 Å². The highest BCUT2D eigenvalue weighted by Crippen LogP contribution is 2.22. The van der Waals surface area contributed by atoms with Gasteiger partial charge in [0.05, 0.1) is 5.56 Å². The predicted molar refractivity (Wildman–Crippen MR) is 64.1 cm³/mol. The lowest BCUT2D eigenvalue weighted by atomic mass is 10.1. The zero-order chi connectivity index (χ0) is 14.0. The minimum Gasteiger partial charge on any atom is -0.507 e. The fraction of sp³-hybridized carbons (Fsp3) is 0. The van der Waals surface area contributed by atoms with Gasteiger partial charge >= 0.3 is 0 Å². The lowest BCUT2D eigenvalue weighted by Gasteiger charge is -2.07. The Morgan fingerprint density at radius 1 is 1.00 bits per heavy atom. The van der Waals surface area contributed by atoms with Gasteiger partial charge in [-0.25, -0.2) is 8.78 Å². The molecule has 6 heteroatoms. The maximum atomic E-state index is 13.1. The molecule has 0 aliphatic rings. The number of halogens is 2. The van der Waals surface area contributed by atoms with E-state index >= 15 is 0 Å². The van der Waals surface area contributed by atoms with E-state index in [1.807, 2.05) is 0 Å². The molecule has 4 nitrogen and oxygen atoms in total. The summed E-state index contributed by atoms with van der Waals surface area (Å²) in [6.45, 7) is 0. The van der Waals surface area contributed by atoms with Gasteiger partial charge in [0, 0.05) is 11.8 Å². The largest absolute Gasteiger partial charge is 0.507 e. The van der Waals surface area contributed by atoms with Crippen LogP contribution in [0.2, 0.25) is 0 Å². The Morgan fingerprint density at radius 3 is 2.37 bits per heavy atom. The molecule has 0 bridgehead atoms. The van der Waals surface area contributed by atoms with Gasteiger partial charge in [0.15, 0.2) is 11.6 Å². The molecular weight excluding hydrogens is 256 g/mol. The van der Waals surface area contributed by atoms with Crippen molar-refractivity contribution < 1.29 is 23.8 Å². The third-order valence-corrected chi connectivity index (χ3v) is 2.41. The summed E-state index contributed by atoms with van der Waals surface area (Å²) in [4.78, 5) is 11.8. The number of phenols is 2.